The van der Waals surface area contributed by atoms with Crippen molar-refractivity contribution in [3.63, 3.8) is 0 Å². The monoisotopic (exact) mass is 235 g/mol. The van der Waals surface area contributed by atoms with Crippen LogP contribution in [-0.2, 0) is 13.5 Å². The molecule has 2 rings (SSSR count). The Morgan fingerprint density at radius 1 is 1.41 bits per heavy atom. The lowest BCUT2D eigenvalue weighted by atomic mass is 10.2. The van der Waals surface area contributed by atoms with Crippen LogP contribution in [-0.4, -0.2) is 21.3 Å². The van der Waals surface area contributed by atoms with Gasteiger partial charge >= 0.3 is 0 Å². The standard InChI is InChI=1S/C11H14FN5/c1-17-7-15-16-11(17)2-3-14-10-5-8(12)4-9(13)6-10/h4-7,14H,2-3,13H2,1H3. The van der Waals surface area contributed by atoms with Crippen LogP contribution in [0.2, 0.25) is 0 Å². The zero-order valence-corrected chi connectivity index (χ0v) is 9.52. The summed E-state index contributed by atoms with van der Waals surface area (Å²) >= 11 is 0. The van der Waals surface area contributed by atoms with Crippen molar-refractivity contribution in [2.75, 3.05) is 17.6 Å². The number of hydrogen-bond donors (Lipinski definition) is 2. The van der Waals surface area contributed by atoms with E-state index in [9.17, 15) is 4.39 Å². The highest BCUT2D eigenvalue weighted by molar-refractivity contribution is 5.54. The van der Waals surface area contributed by atoms with Crippen molar-refractivity contribution in [3.05, 3.63) is 36.2 Å². The highest BCUT2D eigenvalue weighted by Crippen LogP contribution is 2.15. The van der Waals surface area contributed by atoms with Crippen LogP contribution in [0.25, 0.3) is 0 Å². The van der Waals surface area contributed by atoms with Crippen LogP contribution in [0.15, 0.2) is 24.5 Å². The van der Waals surface area contributed by atoms with Gasteiger partial charge in [0, 0.05) is 31.4 Å². The van der Waals surface area contributed by atoms with Gasteiger partial charge in [-0.05, 0) is 18.2 Å². The summed E-state index contributed by atoms with van der Waals surface area (Å²) < 4.78 is 14.9. The Balaban J connectivity index is 1.92. The van der Waals surface area contributed by atoms with Crippen molar-refractivity contribution < 1.29 is 4.39 Å². The van der Waals surface area contributed by atoms with Crippen molar-refractivity contribution in [2.24, 2.45) is 7.05 Å². The van der Waals surface area contributed by atoms with Gasteiger partial charge in [0.05, 0.1) is 0 Å². The maximum absolute atomic E-state index is 13.0. The molecule has 1 aromatic carbocycles. The van der Waals surface area contributed by atoms with Crippen molar-refractivity contribution in [1.82, 2.24) is 14.8 Å². The van der Waals surface area contributed by atoms with Crippen LogP contribution in [0.4, 0.5) is 15.8 Å². The first-order chi connectivity index (χ1) is 8.15. The second kappa shape index (κ2) is 4.82. The first kappa shape index (κ1) is 11.4. The van der Waals surface area contributed by atoms with Gasteiger partial charge in [0.1, 0.15) is 18.0 Å². The van der Waals surface area contributed by atoms with Gasteiger partial charge in [0.2, 0.25) is 0 Å². The molecule has 0 spiro atoms. The molecule has 0 saturated carbocycles. The predicted molar refractivity (Wildman–Crippen MR) is 64.0 cm³/mol. The highest BCUT2D eigenvalue weighted by Gasteiger charge is 2.01. The van der Waals surface area contributed by atoms with Crippen molar-refractivity contribution in [2.45, 2.75) is 6.42 Å². The SMILES string of the molecule is Cn1cnnc1CCNc1cc(N)cc(F)c1. The summed E-state index contributed by atoms with van der Waals surface area (Å²) in [5, 5.41) is 10.8. The summed E-state index contributed by atoms with van der Waals surface area (Å²) in [6, 6.07) is 4.39. The lowest BCUT2D eigenvalue weighted by molar-refractivity contribution is 0.629. The minimum absolute atomic E-state index is 0.342. The molecule has 0 atom stereocenters. The number of halogens is 1. The zero-order chi connectivity index (χ0) is 12.3. The number of aryl methyl sites for hydroxylation is 1. The molecular formula is C11H14FN5. The number of anilines is 2. The Hall–Kier alpha value is -2.11. The molecule has 0 bridgehead atoms. The molecule has 90 valence electrons. The predicted octanol–water partition coefficient (Wildman–Crippen LogP) is 1.19. The molecule has 1 heterocycles. The van der Waals surface area contributed by atoms with E-state index in [4.69, 9.17) is 5.73 Å². The fourth-order valence-electron chi connectivity index (χ4n) is 1.57. The molecule has 6 heteroatoms. The molecule has 0 aliphatic rings. The van der Waals surface area contributed by atoms with E-state index in [0.29, 0.717) is 24.3 Å². The van der Waals surface area contributed by atoms with Crippen LogP contribution in [0, 0.1) is 5.82 Å². The number of nitrogens with two attached hydrogens (primary N) is 1. The van der Waals surface area contributed by atoms with Gasteiger partial charge in [0.25, 0.3) is 0 Å². The number of nitrogens with zero attached hydrogens (tertiary/aromatic N) is 3. The number of rotatable bonds is 4. The van der Waals surface area contributed by atoms with Gasteiger partial charge in [-0.15, -0.1) is 10.2 Å². The molecule has 0 aliphatic carbocycles. The van der Waals surface area contributed by atoms with Crippen LogP contribution in [0.5, 0.6) is 0 Å². The minimum Gasteiger partial charge on any atom is -0.399 e. The Labute approximate surface area is 98.5 Å². The van der Waals surface area contributed by atoms with E-state index in [-0.39, 0.29) is 5.82 Å². The molecule has 0 unspecified atom stereocenters. The molecule has 0 fully saturated rings. The van der Waals surface area contributed by atoms with Crippen LogP contribution in [0.1, 0.15) is 5.82 Å². The molecule has 1 aromatic heterocycles. The van der Waals surface area contributed by atoms with E-state index in [1.165, 1.54) is 12.1 Å². The summed E-state index contributed by atoms with van der Waals surface area (Å²) in [6.45, 7) is 0.648. The average Bonchev–Trinajstić information content (AvgIpc) is 2.63. The Kier molecular flexibility index (Phi) is 3.22. The first-order valence-electron chi connectivity index (χ1n) is 5.28. The molecule has 3 N–H and O–H groups in total. The number of aromatic nitrogens is 3. The van der Waals surface area contributed by atoms with Gasteiger partial charge in [0.15, 0.2) is 0 Å². The van der Waals surface area contributed by atoms with E-state index >= 15 is 0 Å². The molecule has 17 heavy (non-hydrogen) atoms. The van der Waals surface area contributed by atoms with Gasteiger partial charge < -0.3 is 15.6 Å². The third-order valence-corrected chi connectivity index (χ3v) is 2.40. The molecule has 0 aliphatic heterocycles. The molecular weight excluding hydrogens is 221 g/mol. The topological polar surface area (TPSA) is 68.8 Å². The van der Waals surface area contributed by atoms with Gasteiger partial charge in [-0.25, -0.2) is 4.39 Å². The lowest BCUT2D eigenvalue weighted by Gasteiger charge is -2.07. The largest absolute Gasteiger partial charge is 0.399 e. The fourth-order valence-corrected chi connectivity index (χ4v) is 1.57. The highest BCUT2D eigenvalue weighted by atomic mass is 19.1. The van der Waals surface area contributed by atoms with Crippen LogP contribution >= 0.6 is 0 Å². The second-order valence-electron chi connectivity index (χ2n) is 3.81. The Bertz CT molecular complexity index is 488. The third kappa shape index (κ3) is 2.93. The van der Waals surface area contributed by atoms with Gasteiger partial charge in [-0.3, -0.25) is 0 Å². The normalized spacial score (nSPS) is 10.5. The number of benzene rings is 1. The molecule has 2 aromatic rings. The molecule has 0 radical (unpaired) electrons. The van der Waals surface area contributed by atoms with Crippen molar-refractivity contribution in [3.8, 4) is 0 Å². The van der Waals surface area contributed by atoms with E-state index < -0.39 is 0 Å². The summed E-state index contributed by atoms with van der Waals surface area (Å²) in [7, 11) is 1.88. The van der Waals surface area contributed by atoms with Gasteiger partial charge in [-0.1, -0.05) is 0 Å². The van der Waals surface area contributed by atoms with Gasteiger partial charge in [-0.2, -0.15) is 0 Å². The van der Waals surface area contributed by atoms with E-state index in [0.717, 1.165) is 5.82 Å². The summed E-state index contributed by atoms with van der Waals surface area (Å²) in [5.74, 6) is 0.535. The molecule has 0 amide bonds. The lowest BCUT2D eigenvalue weighted by Crippen LogP contribution is -2.09. The van der Waals surface area contributed by atoms with Crippen molar-refractivity contribution >= 4 is 11.4 Å². The van der Waals surface area contributed by atoms with Crippen molar-refractivity contribution in [1.29, 1.82) is 0 Å². The second-order valence-corrected chi connectivity index (χ2v) is 3.81. The maximum Gasteiger partial charge on any atom is 0.134 e. The van der Waals surface area contributed by atoms with E-state index in [1.807, 2.05) is 11.6 Å². The quantitative estimate of drug-likeness (QED) is 0.781. The number of nitrogen functional groups attached to an aromatic ring is 1. The maximum atomic E-state index is 13.0. The van der Waals surface area contributed by atoms with Crippen LogP contribution in [0.3, 0.4) is 0 Å². The summed E-state index contributed by atoms with van der Waals surface area (Å²) in [5.41, 5.74) is 6.62. The first-order valence-corrected chi connectivity index (χ1v) is 5.28. The molecule has 5 nitrogen and oxygen atoms in total. The third-order valence-electron chi connectivity index (χ3n) is 2.40. The van der Waals surface area contributed by atoms with E-state index in [1.54, 1.807) is 12.4 Å². The van der Waals surface area contributed by atoms with E-state index in [2.05, 4.69) is 15.5 Å². The minimum atomic E-state index is -0.342. The number of hydrogen-bond acceptors (Lipinski definition) is 4. The number of nitrogens with one attached hydrogen (secondary N) is 1. The average molecular weight is 235 g/mol. The zero-order valence-electron chi connectivity index (χ0n) is 9.52. The smallest absolute Gasteiger partial charge is 0.134 e. The summed E-state index contributed by atoms with van der Waals surface area (Å²) in [6.07, 6.45) is 2.36. The summed E-state index contributed by atoms with van der Waals surface area (Å²) in [4.78, 5) is 0. The molecule has 0 saturated heterocycles. The fraction of sp³-hybridized carbons (Fsp3) is 0.273. The Morgan fingerprint density at radius 3 is 2.88 bits per heavy atom. The van der Waals surface area contributed by atoms with Crippen LogP contribution < -0.4 is 11.1 Å². The Morgan fingerprint density at radius 2 is 2.24 bits per heavy atom.